The van der Waals surface area contributed by atoms with Gasteiger partial charge >= 0.3 is 0 Å². The van der Waals surface area contributed by atoms with Crippen LogP contribution in [0.5, 0.6) is 0 Å². The summed E-state index contributed by atoms with van der Waals surface area (Å²) in [6.45, 7) is 1.10. The molecule has 0 amide bonds. The number of para-hydroxylation sites is 2. The second-order valence-corrected chi connectivity index (χ2v) is 9.63. The zero-order valence-electron chi connectivity index (χ0n) is 16.0. The molecule has 154 valence electrons. The van der Waals surface area contributed by atoms with E-state index in [4.69, 9.17) is 27.1 Å². The minimum absolute atomic E-state index is 0.0436. The molecular formula is C21H19ClN4O3S. The fourth-order valence-corrected chi connectivity index (χ4v) is 5.69. The molecule has 30 heavy (non-hydrogen) atoms. The highest BCUT2D eigenvalue weighted by Crippen LogP contribution is 2.36. The number of nitrogen functional groups attached to an aromatic ring is 1. The zero-order valence-corrected chi connectivity index (χ0v) is 17.5. The molecule has 7 nitrogen and oxygen atoms in total. The number of sulfone groups is 1. The number of halogens is 1. The summed E-state index contributed by atoms with van der Waals surface area (Å²) >= 11 is 6.05. The van der Waals surface area contributed by atoms with Crippen LogP contribution in [0.4, 0.5) is 5.82 Å². The lowest BCUT2D eigenvalue weighted by Gasteiger charge is -2.13. The molecule has 0 saturated carbocycles. The van der Waals surface area contributed by atoms with Crippen LogP contribution >= 0.6 is 11.6 Å². The van der Waals surface area contributed by atoms with Crippen molar-refractivity contribution in [2.45, 2.75) is 35.3 Å². The Kier molecular flexibility index (Phi) is 4.65. The van der Waals surface area contributed by atoms with Gasteiger partial charge in [0.2, 0.25) is 9.84 Å². The van der Waals surface area contributed by atoms with Crippen molar-refractivity contribution in [2.24, 2.45) is 0 Å². The van der Waals surface area contributed by atoms with Gasteiger partial charge in [-0.25, -0.2) is 18.4 Å². The highest BCUT2D eigenvalue weighted by molar-refractivity contribution is 7.92. The van der Waals surface area contributed by atoms with E-state index in [1.165, 1.54) is 12.1 Å². The van der Waals surface area contributed by atoms with Crippen LogP contribution in [0.25, 0.3) is 22.2 Å². The Morgan fingerprint density at radius 1 is 1.13 bits per heavy atom. The van der Waals surface area contributed by atoms with Crippen molar-refractivity contribution in [3.05, 3.63) is 53.6 Å². The molecule has 2 aromatic carbocycles. The maximum atomic E-state index is 13.6. The molecule has 1 fully saturated rings. The number of rotatable bonds is 4. The number of ether oxygens (including phenoxy) is 1. The van der Waals surface area contributed by atoms with Crippen LogP contribution < -0.4 is 5.73 Å². The summed E-state index contributed by atoms with van der Waals surface area (Å²) in [5, 5.41) is 0.328. The summed E-state index contributed by atoms with van der Waals surface area (Å²) in [6.07, 6.45) is 1.81. The first-order valence-electron chi connectivity index (χ1n) is 9.62. The lowest BCUT2D eigenvalue weighted by Crippen LogP contribution is -2.17. The zero-order chi connectivity index (χ0) is 20.9. The molecule has 0 radical (unpaired) electrons. The first kappa shape index (κ1) is 19.3. The normalized spacial score (nSPS) is 17.2. The highest BCUT2D eigenvalue weighted by Gasteiger charge is 2.31. The molecule has 2 aromatic heterocycles. The van der Waals surface area contributed by atoms with E-state index in [0.717, 1.165) is 12.8 Å². The van der Waals surface area contributed by atoms with Gasteiger partial charge in [-0.05, 0) is 43.2 Å². The van der Waals surface area contributed by atoms with Gasteiger partial charge in [0.05, 0.1) is 28.6 Å². The van der Waals surface area contributed by atoms with E-state index in [9.17, 15) is 8.42 Å². The number of fused-ring (bicyclic) bond motifs is 2. The Morgan fingerprint density at radius 3 is 2.60 bits per heavy atom. The van der Waals surface area contributed by atoms with Crippen molar-refractivity contribution >= 4 is 49.5 Å². The van der Waals surface area contributed by atoms with Gasteiger partial charge in [0.15, 0.2) is 5.65 Å². The van der Waals surface area contributed by atoms with Crippen LogP contribution in [-0.4, -0.2) is 35.7 Å². The Balaban J connectivity index is 1.80. The van der Waals surface area contributed by atoms with E-state index < -0.39 is 9.84 Å². The average molecular weight is 443 g/mol. The van der Waals surface area contributed by atoms with Gasteiger partial charge in [-0.3, -0.25) is 0 Å². The van der Waals surface area contributed by atoms with Gasteiger partial charge in [0.1, 0.15) is 16.2 Å². The molecule has 1 atom stereocenters. The van der Waals surface area contributed by atoms with Crippen molar-refractivity contribution in [1.82, 2.24) is 14.5 Å². The van der Waals surface area contributed by atoms with Crippen molar-refractivity contribution in [3.63, 3.8) is 0 Å². The standard InChI is InChI=1S/C21H19ClN4O3S/c22-13-5-3-7-15(11-13)30(27,28)19-18-21(25-17-9-2-1-8-16(17)24-18)26(20(19)23)12-14-6-4-10-29-14/h1-3,5,7-9,11,14H,4,6,10,12,23H2/t14-/m1/s1. The lowest BCUT2D eigenvalue weighted by molar-refractivity contribution is 0.0983. The Hall–Kier alpha value is -2.68. The number of anilines is 1. The predicted octanol–water partition coefficient (Wildman–Crippen LogP) is 3.83. The maximum Gasteiger partial charge on any atom is 0.212 e. The number of hydrogen-bond donors (Lipinski definition) is 1. The van der Waals surface area contributed by atoms with Crippen LogP contribution in [0.2, 0.25) is 5.02 Å². The van der Waals surface area contributed by atoms with Gasteiger partial charge in [0, 0.05) is 11.6 Å². The summed E-state index contributed by atoms with van der Waals surface area (Å²) in [5.74, 6) is 0.107. The molecule has 0 aliphatic carbocycles. The van der Waals surface area contributed by atoms with E-state index >= 15 is 0 Å². The summed E-state index contributed by atoms with van der Waals surface area (Å²) in [5.41, 5.74) is 8.39. The van der Waals surface area contributed by atoms with Crippen LogP contribution in [0.1, 0.15) is 12.8 Å². The Morgan fingerprint density at radius 2 is 1.90 bits per heavy atom. The predicted molar refractivity (Wildman–Crippen MR) is 115 cm³/mol. The molecule has 9 heteroatoms. The van der Waals surface area contributed by atoms with Crippen molar-refractivity contribution in [2.75, 3.05) is 12.3 Å². The molecule has 4 aromatic rings. The van der Waals surface area contributed by atoms with E-state index in [0.29, 0.717) is 34.9 Å². The van der Waals surface area contributed by atoms with E-state index in [-0.39, 0.29) is 27.2 Å². The third-order valence-corrected chi connectivity index (χ3v) is 7.38. The molecule has 2 N–H and O–H groups in total. The fourth-order valence-electron chi connectivity index (χ4n) is 3.88. The number of nitrogens with two attached hydrogens (primary N) is 1. The number of aromatic nitrogens is 3. The van der Waals surface area contributed by atoms with E-state index in [1.54, 1.807) is 22.8 Å². The Labute approximate surface area is 178 Å². The second-order valence-electron chi connectivity index (χ2n) is 7.31. The minimum atomic E-state index is -3.97. The summed E-state index contributed by atoms with van der Waals surface area (Å²) in [7, 11) is -3.97. The monoisotopic (exact) mass is 442 g/mol. The van der Waals surface area contributed by atoms with Crippen LogP contribution in [0, 0.1) is 0 Å². The fraction of sp³-hybridized carbons (Fsp3) is 0.238. The molecule has 1 saturated heterocycles. The smallest absolute Gasteiger partial charge is 0.212 e. The van der Waals surface area contributed by atoms with Gasteiger partial charge in [-0.15, -0.1) is 0 Å². The first-order chi connectivity index (χ1) is 14.4. The first-order valence-corrected chi connectivity index (χ1v) is 11.5. The van der Waals surface area contributed by atoms with E-state index in [2.05, 4.69) is 4.98 Å². The van der Waals surface area contributed by atoms with Crippen molar-refractivity contribution < 1.29 is 13.2 Å². The molecule has 0 spiro atoms. The van der Waals surface area contributed by atoms with Gasteiger partial charge in [-0.1, -0.05) is 29.8 Å². The largest absolute Gasteiger partial charge is 0.384 e. The molecule has 3 heterocycles. The van der Waals surface area contributed by atoms with Gasteiger partial charge < -0.3 is 15.0 Å². The van der Waals surface area contributed by atoms with Crippen molar-refractivity contribution in [3.8, 4) is 0 Å². The van der Waals surface area contributed by atoms with Gasteiger partial charge in [0.25, 0.3) is 0 Å². The van der Waals surface area contributed by atoms with Crippen LogP contribution in [0.3, 0.4) is 0 Å². The number of nitrogens with zero attached hydrogens (tertiary/aromatic N) is 3. The molecule has 5 rings (SSSR count). The third-order valence-electron chi connectivity index (χ3n) is 5.33. The maximum absolute atomic E-state index is 13.6. The Bertz CT molecular complexity index is 1380. The summed E-state index contributed by atoms with van der Waals surface area (Å²) in [6, 6.07) is 13.5. The SMILES string of the molecule is Nc1c(S(=O)(=O)c2cccc(Cl)c2)c2nc3ccccc3nc2n1C[C@H]1CCCO1. The quantitative estimate of drug-likeness (QED) is 0.515. The van der Waals surface area contributed by atoms with Crippen LogP contribution in [-0.2, 0) is 21.1 Å². The number of hydrogen-bond acceptors (Lipinski definition) is 6. The molecule has 0 unspecified atom stereocenters. The molecule has 1 aliphatic rings. The molecule has 0 bridgehead atoms. The van der Waals surface area contributed by atoms with E-state index in [1.807, 2.05) is 18.2 Å². The lowest BCUT2D eigenvalue weighted by atomic mass is 10.2. The average Bonchev–Trinajstić information content (AvgIpc) is 3.33. The summed E-state index contributed by atoms with van der Waals surface area (Å²) in [4.78, 5) is 9.35. The molecular weight excluding hydrogens is 424 g/mol. The number of benzene rings is 2. The van der Waals surface area contributed by atoms with Crippen molar-refractivity contribution in [1.29, 1.82) is 0 Å². The molecule has 1 aliphatic heterocycles. The highest BCUT2D eigenvalue weighted by atomic mass is 35.5. The van der Waals surface area contributed by atoms with Crippen LogP contribution in [0.15, 0.2) is 58.3 Å². The van der Waals surface area contributed by atoms with Gasteiger partial charge in [-0.2, -0.15) is 0 Å². The topological polar surface area (TPSA) is 100 Å². The third kappa shape index (κ3) is 3.12. The minimum Gasteiger partial charge on any atom is -0.384 e. The second kappa shape index (κ2) is 7.23. The summed E-state index contributed by atoms with van der Waals surface area (Å²) < 4.78 is 34.6.